The third kappa shape index (κ3) is 4.58. The van der Waals surface area contributed by atoms with E-state index >= 15 is 0 Å². The second kappa shape index (κ2) is 8.27. The van der Waals surface area contributed by atoms with E-state index in [0.29, 0.717) is 12.5 Å². The van der Waals surface area contributed by atoms with Crippen molar-refractivity contribution in [3.05, 3.63) is 40.4 Å². The van der Waals surface area contributed by atoms with Crippen LogP contribution < -0.4 is 4.74 Å². The molecule has 1 aromatic carbocycles. The van der Waals surface area contributed by atoms with Crippen molar-refractivity contribution in [2.24, 2.45) is 0 Å². The van der Waals surface area contributed by atoms with Gasteiger partial charge in [-0.3, -0.25) is 0 Å². The highest BCUT2D eigenvalue weighted by Crippen LogP contribution is 2.35. The predicted octanol–water partition coefficient (Wildman–Crippen LogP) is 5.90. The highest BCUT2D eigenvalue weighted by molar-refractivity contribution is 6.31. The molecule has 1 rings (SSSR count). The summed E-state index contributed by atoms with van der Waals surface area (Å²) >= 11 is 6.27. The van der Waals surface area contributed by atoms with Crippen LogP contribution in [0.3, 0.4) is 0 Å². The molecule has 0 fully saturated rings. The van der Waals surface area contributed by atoms with E-state index in [1.165, 1.54) is 5.56 Å². The predicted molar refractivity (Wildman–Crippen MR) is 84.4 cm³/mol. The molecule has 0 heterocycles. The summed E-state index contributed by atoms with van der Waals surface area (Å²) in [7, 11) is 0. The summed E-state index contributed by atoms with van der Waals surface area (Å²) in [6.45, 7) is 9.10. The maximum Gasteiger partial charge on any atom is 0.123 e. The van der Waals surface area contributed by atoms with E-state index < -0.39 is 0 Å². The number of hydrogen-bond acceptors (Lipinski definition) is 1. The van der Waals surface area contributed by atoms with Gasteiger partial charge in [0.2, 0.25) is 0 Å². The maximum atomic E-state index is 6.27. The zero-order valence-electron chi connectivity index (χ0n) is 12.5. The number of halogens is 1. The molecule has 106 valence electrons. The lowest BCUT2D eigenvalue weighted by Gasteiger charge is -2.19. The van der Waals surface area contributed by atoms with Crippen molar-refractivity contribution in [3.8, 4) is 5.75 Å². The minimum atomic E-state index is 0.474. The Morgan fingerprint density at radius 2 is 1.95 bits per heavy atom. The molecule has 0 aliphatic carbocycles. The maximum absolute atomic E-state index is 6.27. The Bertz CT molecular complexity index is 424. The first-order valence-electron chi connectivity index (χ1n) is 7.21. The molecule has 0 saturated carbocycles. The number of allylic oxidation sites excluding steroid dienone is 2. The summed E-state index contributed by atoms with van der Waals surface area (Å²) in [5.74, 6) is 1.46. The van der Waals surface area contributed by atoms with Gasteiger partial charge in [0.1, 0.15) is 5.75 Å². The van der Waals surface area contributed by atoms with Crippen LogP contribution >= 0.6 is 11.6 Å². The lowest BCUT2D eigenvalue weighted by Crippen LogP contribution is -2.03. The number of benzene rings is 1. The third-order valence-corrected chi connectivity index (χ3v) is 3.75. The summed E-state index contributed by atoms with van der Waals surface area (Å²) in [6.07, 6.45) is 7.71. The summed E-state index contributed by atoms with van der Waals surface area (Å²) in [5, 5.41) is 0.830. The van der Waals surface area contributed by atoms with E-state index in [1.807, 2.05) is 13.8 Å². The van der Waals surface area contributed by atoms with Crippen molar-refractivity contribution >= 4 is 11.6 Å². The van der Waals surface area contributed by atoms with Crippen molar-refractivity contribution in [2.45, 2.75) is 52.9 Å². The summed E-state index contributed by atoms with van der Waals surface area (Å²) < 4.78 is 5.78. The Balaban J connectivity index is 3.06. The third-order valence-electron chi connectivity index (χ3n) is 3.35. The van der Waals surface area contributed by atoms with Crippen LogP contribution in [-0.2, 0) is 0 Å². The van der Waals surface area contributed by atoms with Crippen LogP contribution in [0.5, 0.6) is 5.75 Å². The van der Waals surface area contributed by atoms with E-state index in [-0.39, 0.29) is 0 Å². The highest BCUT2D eigenvalue weighted by Gasteiger charge is 2.15. The van der Waals surface area contributed by atoms with Gasteiger partial charge in [0.05, 0.1) is 6.61 Å². The Hall–Kier alpha value is -0.950. The standard InChI is InChI=1S/C17H25ClO/c1-5-8-9-10-14(6-2)15-12-16(18)13(4)11-17(15)19-7-3/h8-9,11-12,14H,5-7,10H2,1-4H3/b9-8-. The Labute approximate surface area is 122 Å². The molecule has 0 N–H and O–H groups in total. The molecule has 1 atom stereocenters. The molecule has 0 aromatic heterocycles. The van der Waals surface area contributed by atoms with E-state index in [4.69, 9.17) is 16.3 Å². The molecule has 0 aliphatic rings. The minimum Gasteiger partial charge on any atom is -0.494 e. The number of ether oxygens (including phenoxy) is 1. The van der Waals surface area contributed by atoms with Gasteiger partial charge in [-0.05, 0) is 62.3 Å². The second-order valence-corrected chi connectivity index (χ2v) is 5.20. The molecular weight excluding hydrogens is 256 g/mol. The van der Waals surface area contributed by atoms with Gasteiger partial charge < -0.3 is 4.74 Å². The van der Waals surface area contributed by atoms with Gasteiger partial charge in [0.15, 0.2) is 0 Å². The van der Waals surface area contributed by atoms with E-state index in [0.717, 1.165) is 35.6 Å². The van der Waals surface area contributed by atoms with E-state index in [1.54, 1.807) is 0 Å². The normalized spacial score (nSPS) is 12.9. The van der Waals surface area contributed by atoms with E-state index in [9.17, 15) is 0 Å². The molecule has 1 unspecified atom stereocenters. The van der Waals surface area contributed by atoms with Crippen molar-refractivity contribution < 1.29 is 4.74 Å². The van der Waals surface area contributed by atoms with E-state index in [2.05, 4.69) is 38.1 Å². The molecule has 0 aliphatic heterocycles. The van der Waals surface area contributed by atoms with Crippen LogP contribution in [-0.4, -0.2) is 6.61 Å². The molecule has 1 aromatic rings. The van der Waals surface area contributed by atoms with Gasteiger partial charge >= 0.3 is 0 Å². The van der Waals surface area contributed by atoms with Gasteiger partial charge in [-0.15, -0.1) is 0 Å². The number of hydrogen-bond donors (Lipinski definition) is 0. The summed E-state index contributed by atoms with van der Waals surface area (Å²) in [6, 6.07) is 4.14. The zero-order chi connectivity index (χ0) is 14.3. The molecule has 19 heavy (non-hydrogen) atoms. The smallest absolute Gasteiger partial charge is 0.123 e. The van der Waals surface area contributed by atoms with Gasteiger partial charge in [-0.2, -0.15) is 0 Å². The summed E-state index contributed by atoms with van der Waals surface area (Å²) in [5.41, 5.74) is 2.31. The molecule has 0 spiro atoms. The van der Waals surface area contributed by atoms with Crippen LogP contribution in [0.15, 0.2) is 24.3 Å². The Morgan fingerprint density at radius 3 is 2.53 bits per heavy atom. The van der Waals surface area contributed by atoms with Crippen molar-refractivity contribution in [1.29, 1.82) is 0 Å². The monoisotopic (exact) mass is 280 g/mol. The molecule has 0 amide bonds. The van der Waals surface area contributed by atoms with Crippen molar-refractivity contribution in [3.63, 3.8) is 0 Å². The van der Waals surface area contributed by atoms with Crippen molar-refractivity contribution in [1.82, 2.24) is 0 Å². The average Bonchev–Trinajstić information content (AvgIpc) is 2.40. The molecule has 1 nitrogen and oxygen atoms in total. The SMILES string of the molecule is CC/C=C\CC(CC)c1cc(Cl)c(C)cc1OCC. The molecule has 0 bridgehead atoms. The van der Waals surface area contributed by atoms with Crippen molar-refractivity contribution in [2.75, 3.05) is 6.61 Å². The van der Waals surface area contributed by atoms with Crippen LogP contribution in [0.4, 0.5) is 0 Å². The van der Waals surface area contributed by atoms with Crippen LogP contribution in [0.25, 0.3) is 0 Å². The number of rotatable bonds is 7. The lowest BCUT2D eigenvalue weighted by molar-refractivity contribution is 0.333. The number of aryl methyl sites for hydroxylation is 1. The topological polar surface area (TPSA) is 9.23 Å². The second-order valence-electron chi connectivity index (χ2n) is 4.79. The van der Waals surface area contributed by atoms with Gasteiger partial charge in [0.25, 0.3) is 0 Å². The molecule has 2 heteroatoms. The quantitative estimate of drug-likeness (QED) is 0.565. The fourth-order valence-electron chi connectivity index (χ4n) is 2.21. The highest BCUT2D eigenvalue weighted by atomic mass is 35.5. The zero-order valence-corrected chi connectivity index (χ0v) is 13.3. The minimum absolute atomic E-state index is 0.474. The van der Waals surface area contributed by atoms with Crippen LogP contribution in [0, 0.1) is 6.92 Å². The van der Waals surface area contributed by atoms with Gasteiger partial charge in [-0.1, -0.05) is 37.6 Å². The Kier molecular flexibility index (Phi) is 7.01. The first kappa shape index (κ1) is 16.1. The first-order chi connectivity index (χ1) is 9.13. The largest absolute Gasteiger partial charge is 0.494 e. The fourth-order valence-corrected chi connectivity index (χ4v) is 2.38. The molecule has 0 radical (unpaired) electrons. The Morgan fingerprint density at radius 1 is 1.21 bits per heavy atom. The van der Waals surface area contributed by atoms with Gasteiger partial charge in [0, 0.05) is 5.02 Å². The average molecular weight is 281 g/mol. The summed E-state index contributed by atoms with van der Waals surface area (Å²) in [4.78, 5) is 0. The first-order valence-corrected chi connectivity index (χ1v) is 7.59. The lowest BCUT2D eigenvalue weighted by atomic mass is 9.91. The fraction of sp³-hybridized carbons (Fsp3) is 0.529. The molecular formula is C17H25ClO. The molecule has 0 saturated heterocycles. The van der Waals surface area contributed by atoms with Crippen LogP contribution in [0.1, 0.15) is 57.1 Å². The van der Waals surface area contributed by atoms with Gasteiger partial charge in [-0.25, -0.2) is 0 Å². The van der Waals surface area contributed by atoms with Crippen LogP contribution in [0.2, 0.25) is 5.02 Å².